The van der Waals surface area contributed by atoms with Gasteiger partial charge >= 0.3 is 0 Å². The van der Waals surface area contributed by atoms with Crippen LogP contribution in [-0.4, -0.2) is 61.3 Å². The summed E-state index contributed by atoms with van der Waals surface area (Å²) >= 11 is 0. The molecule has 4 N–H and O–H groups in total. The summed E-state index contributed by atoms with van der Waals surface area (Å²) < 4.78 is 7.91. The first kappa shape index (κ1) is 26.9. The van der Waals surface area contributed by atoms with Crippen molar-refractivity contribution in [3.63, 3.8) is 0 Å². The van der Waals surface area contributed by atoms with E-state index in [-0.39, 0.29) is 11.3 Å². The lowest BCUT2D eigenvalue weighted by Crippen LogP contribution is -2.34. The van der Waals surface area contributed by atoms with Crippen molar-refractivity contribution < 1.29 is 14.9 Å². The Morgan fingerprint density at radius 1 is 1.18 bits per heavy atom. The monoisotopic (exact) mass is 546 g/mol. The highest BCUT2D eigenvalue weighted by atomic mass is 16.5. The fraction of sp³-hybridized carbons (Fsp3) is 0.500. The number of rotatable bonds is 10. The first-order valence-corrected chi connectivity index (χ1v) is 14.4. The van der Waals surface area contributed by atoms with E-state index < -0.39 is 6.10 Å². The van der Waals surface area contributed by atoms with E-state index in [0.717, 1.165) is 41.7 Å². The Hall–Kier alpha value is -3.31. The molecule has 212 valence electrons. The molecule has 1 saturated carbocycles. The number of fused-ring (bicyclic) bond motifs is 4. The number of aromatic nitrogens is 4. The maximum atomic E-state index is 11.7. The number of phenols is 1. The minimum absolute atomic E-state index is 0.0234. The van der Waals surface area contributed by atoms with Crippen molar-refractivity contribution in [1.82, 2.24) is 30.2 Å². The van der Waals surface area contributed by atoms with Crippen LogP contribution in [0.4, 0.5) is 0 Å². The van der Waals surface area contributed by atoms with Crippen LogP contribution in [0, 0.1) is 0 Å². The molecule has 0 bridgehead atoms. The highest BCUT2D eigenvalue weighted by molar-refractivity contribution is 5.87. The minimum atomic E-state index is -0.824. The first-order valence-electron chi connectivity index (χ1n) is 14.4. The number of ether oxygens (including phenoxy) is 1. The van der Waals surface area contributed by atoms with E-state index in [1.165, 1.54) is 49.8 Å². The van der Waals surface area contributed by atoms with Crippen LogP contribution in [-0.2, 0) is 31.0 Å². The molecule has 3 heterocycles. The molecule has 2 aliphatic rings. The van der Waals surface area contributed by atoms with Gasteiger partial charge in [-0.2, -0.15) is 0 Å². The Kier molecular flexibility index (Phi) is 7.84. The van der Waals surface area contributed by atoms with E-state index in [9.17, 15) is 15.0 Å². The number of aromatic amines is 1. The number of aliphatic hydroxyl groups is 1. The van der Waals surface area contributed by atoms with Gasteiger partial charge in [0, 0.05) is 42.7 Å². The molecule has 10 nitrogen and oxygen atoms in total. The fourth-order valence-electron chi connectivity index (χ4n) is 6.40. The molecule has 2 aromatic heterocycles. The summed E-state index contributed by atoms with van der Waals surface area (Å²) in [5.41, 5.74) is 6.03. The van der Waals surface area contributed by atoms with Crippen LogP contribution in [0.25, 0.3) is 21.9 Å². The second kappa shape index (κ2) is 11.7. The second-order valence-corrected chi connectivity index (χ2v) is 11.2. The zero-order chi connectivity index (χ0) is 27.6. The molecule has 1 aliphatic carbocycles. The van der Waals surface area contributed by atoms with E-state index in [1.54, 1.807) is 12.1 Å². The van der Waals surface area contributed by atoms with Gasteiger partial charge in [-0.15, -0.1) is 5.10 Å². The molecule has 0 saturated heterocycles. The van der Waals surface area contributed by atoms with Crippen molar-refractivity contribution in [2.45, 2.75) is 77.0 Å². The van der Waals surface area contributed by atoms with E-state index in [0.29, 0.717) is 48.8 Å². The van der Waals surface area contributed by atoms with Gasteiger partial charge in [0.2, 0.25) is 5.56 Å². The number of hydrogen-bond acceptors (Lipinski definition) is 8. The number of phenolic OH excluding ortho intramolecular Hbond substituents is 1. The summed E-state index contributed by atoms with van der Waals surface area (Å²) in [6.45, 7) is 3.83. The topological polar surface area (TPSA) is 129 Å². The van der Waals surface area contributed by atoms with Crippen molar-refractivity contribution in [1.29, 1.82) is 0 Å². The number of nitrogens with one attached hydrogen (secondary N) is 2. The van der Waals surface area contributed by atoms with E-state index in [2.05, 4.69) is 38.6 Å². The zero-order valence-corrected chi connectivity index (χ0v) is 23.0. The summed E-state index contributed by atoms with van der Waals surface area (Å²) in [4.78, 5) is 16.9. The van der Waals surface area contributed by atoms with Crippen molar-refractivity contribution in [2.75, 3.05) is 20.1 Å². The SMILES string of the molecule is CN(CCCn1nnc2cc(CNC[C@H](O)c3ccc(O)c4[nH]c(=O)ccc34)c3c(c21)COC3)C1CCCCC1. The molecule has 40 heavy (non-hydrogen) atoms. The molecule has 6 rings (SSSR count). The van der Waals surface area contributed by atoms with E-state index in [1.807, 2.05) is 4.68 Å². The van der Waals surface area contributed by atoms with Crippen LogP contribution in [0.15, 0.2) is 35.1 Å². The van der Waals surface area contributed by atoms with Gasteiger partial charge in [-0.1, -0.05) is 30.5 Å². The third kappa shape index (κ3) is 5.36. The highest BCUT2D eigenvalue weighted by Gasteiger charge is 2.24. The summed E-state index contributed by atoms with van der Waals surface area (Å²) in [5.74, 6) is -0.0234. The van der Waals surface area contributed by atoms with Crippen LogP contribution in [0.2, 0.25) is 0 Å². The molecule has 1 aliphatic heterocycles. The maximum Gasteiger partial charge on any atom is 0.248 e. The average molecular weight is 547 g/mol. The number of H-pyrrole nitrogens is 1. The Morgan fingerprint density at radius 3 is 2.85 bits per heavy atom. The van der Waals surface area contributed by atoms with Crippen LogP contribution in [0.3, 0.4) is 0 Å². The number of aliphatic hydroxyl groups excluding tert-OH is 1. The first-order chi connectivity index (χ1) is 19.5. The van der Waals surface area contributed by atoms with Gasteiger partial charge in [0.15, 0.2) is 0 Å². The van der Waals surface area contributed by atoms with Crippen molar-refractivity contribution in [2.24, 2.45) is 0 Å². The van der Waals surface area contributed by atoms with Crippen LogP contribution in [0.5, 0.6) is 5.75 Å². The third-order valence-electron chi connectivity index (χ3n) is 8.60. The molecule has 0 spiro atoms. The van der Waals surface area contributed by atoms with Crippen molar-refractivity contribution in [3.05, 3.63) is 62.9 Å². The molecule has 1 fully saturated rings. The molecular weight excluding hydrogens is 508 g/mol. The largest absolute Gasteiger partial charge is 0.506 e. The van der Waals surface area contributed by atoms with Crippen LogP contribution < -0.4 is 10.9 Å². The Morgan fingerprint density at radius 2 is 2.00 bits per heavy atom. The van der Waals surface area contributed by atoms with Crippen molar-refractivity contribution in [3.8, 4) is 5.75 Å². The quantitative estimate of drug-likeness (QED) is 0.238. The second-order valence-electron chi connectivity index (χ2n) is 11.2. The third-order valence-corrected chi connectivity index (χ3v) is 8.60. The number of aryl methyl sites for hydroxylation is 1. The normalized spacial score (nSPS) is 16.8. The van der Waals surface area contributed by atoms with Gasteiger partial charge in [0.25, 0.3) is 0 Å². The molecule has 0 unspecified atom stereocenters. The van der Waals surface area contributed by atoms with E-state index in [4.69, 9.17) is 4.74 Å². The van der Waals surface area contributed by atoms with Gasteiger partial charge in [-0.05, 0) is 67.7 Å². The lowest BCUT2D eigenvalue weighted by molar-refractivity contribution is 0.134. The predicted molar refractivity (Wildman–Crippen MR) is 153 cm³/mol. The van der Waals surface area contributed by atoms with E-state index >= 15 is 0 Å². The molecule has 1 atom stereocenters. The van der Waals surface area contributed by atoms with Gasteiger partial charge in [-0.3, -0.25) is 4.79 Å². The Bertz CT molecular complexity index is 1560. The number of pyridine rings is 1. The van der Waals surface area contributed by atoms with Crippen molar-refractivity contribution >= 4 is 21.9 Å². The molecule has 0 radical (unpaired) electrons. The zero-order valence-electron chi connectivity index (χ0n) is 23.0. The molecule has 4 aromatic rings. The number of nitrogens with zero attached hydrogens (tertiary/aromatic N) is 4. The average Bonchev–Trinajstić information content (AvgIpc) is 3.61. The summed E-state index contributed by atoms with van der Waals surface area (Å²) in [6.07, 6.45) is 6.90. The van der Waals surface area contributed by atoms with Gasteiger partial charge in [-0.25, -0.2) is 4.68 Å². The standard InChI is InChI=1S/C30H38N6O4/c1-35(20-6-3-2-4-7-20)12-5-13-36-30-24-18-40-17-23(24)19(14-25(30)33-34-36)15-31-16-27(38)21-8-10-26(37)29-22(21)9-11-28(39)32-29/h8-11,14,20,27,31,37-38H,2-7,12-13,15-18H2,1H3,(H,32,39)/t27-/m0/s1. The number of aromatic hydroxyl groups is 1. The molecule has 0 amide bonds. The molecular formula is C30H38N6O4. The summed E-state index contributed by atoms with van der Waals surface area (Å²) in [7, 11) is 2.25. The summed E-state index contributed by atoms with van der Waals surface area (Å²) in [5, 5.41) is 34.1. The Labute approximate surface area is 233 Å². The molecule has 2 aromatic carbocycles. The number of benzene rings is 2. The lowest BCUT2D eigenvalue weighted by atomic mass is 9.94. The minimum Gasteiger partial charge on any atom is -0.506 e. The lowest BCUT2D eigenvalue weighted by Gasteiger charge is -2.31. The van der Waals surface area contributed by atoms with Gasteiger partial charge in [0.05, 0.1) is 30.4 Å². The summed E-state index contributed by atoms with van der Waals surface area (Å²) in [6, 6.07) is 9.00. The van der Waals surface area contributed by atoms with Gasteiger partial charge < -0.3 is 30.2 Å². The maximum absolute atomic E-state index is 11.7. The molecule has 10 heteroatoms. The Balaban J connectivity index is 1.12. The fourth-order valence-corrected chi connectivity index (χ4v) is 6.40. The highest BCUT2D eigenvalue weighted by Crippen LogP contribution is 2.32. The predicted octanol–water partition coefficient (Wildman–Crippen LogP) is 3.49. The smallest absolute Gasteiger partial charge is 0.248 e. The van der Waals surface area contributed by atoms with Gasteiger partial charge in [0.1, 0.15) is 11.3 Å². The number of hydrogen-bond donors (Lipinski definition) is 4. The van der Waals surface area contributed by atoms with Crippen LogP contribution >= 0.6 is 0 Å². The van der Waals surface area contributed by atoms with Crippen LogP contribution in [0.1, 0.15) is 66.9 Å².